The van der Waals surface area contributed by atoms with Crippen molar-refractivity contribution in [3.05, 3.63) is 12.7 Å². The molecule has 3 heteroatoms. The number of hydrogen-bond acceptors (Lipinski definition) is 3. The highest BCUT2D eigenvalue weighted by Gasteiger charge is 2.47. The fourth-order valence-corrected chi connectivity index (χ4v) is 4.58. The summed E-state index contributed by atoms with van der Waals surface area (Å²) in [6, 6.07) is 0. The van der Waals surface area contributed by atoms with Crippen LogP contribution < -0.4 is 0 Å². The molecule has 1 aliphatic carbocycles. The first-order valence-corrected chi connectivity index (χ1v) is 10.8. The molecule has 0 amide bonds. The quantitative estimate of drug-likeness (QED) is 0.503. The molecule has 1 saturated carbocycles. The monoisotopic (exact) mass is 365 g/mol. The van der Waals surface area contributed by atoms with Crippen LogP contribution in [0.3, 0.4) is 0 Å². The molecule has 2 aliphatic rings. The van der Waals surface area contributed by atoms with Crippen LogP contribution in [0, 0.1) is 23.2 Å². The fraction of sp³-hybridized carbons (Fsp3) is 0.913. The van der Waals surface area contributed by atoms with Crippen LogP contribution in [-0.2, 0) is 9.47 Å². The van der Waals surface area contributed by atoms with Crippen molar-refractivity contribution in [3.8, 4) is 0 Å². The van der Waals surface area contributed by atoms with Crippen molar-refractivity contribution in [2.75, 3.05) is 26.2 Å². The molecule has 0 aromatic heterocycles. The van der Waals surface area contributed by atoms with Crippen molar-refractivity contribution in [1.82, 2.24) is 4.90 Å². The first-order chi connectivity index (χ1) is 12.2. The summed E-state index contributed by atoms with van der Waals surface area (Å²) in [5, 5.41) is 0. The Balaban J connectivity index is 1.80. The molecule has 1 spiro atoms. The van der Waals surface area contributed by atoms with E-state index in [1.165, 1.54) is 12.8 Å². The minimum absolute atomic E-state index is 0.254. The van der Waals surface area contributed by atoms with Crippen molar-refractivity contribution in [3.63, 3.8) is 0 Å². The molecule has 0 bridgehead atoms. The minimum atomic E-state index is -0.282. The van der Waals surface area contributed by atoms with Gasteiger partial charge in [0.15, 0.2) is 5.79 Å². The largest absolute Gasteiger partial charge is 0.347 e. The van der Waals surface area contributed by atoms with Crippen LogP contribution in [0.5, 0.6) is 0 Å². The van der Waals surface area contributed by atoms with Crippen LogP contribution in [0.4, 0.5) is 0 Å². The summed E-state index contributed by atoms with van der Waals surface area (Å²) in [5.41, 5.74) is 0.404. The highest BCUT2D eigenvalue weighted by atomic mass is 16.7. The van der Waals surface area contributed by atoms with Gasteiger partial charge in [0, 0.05) is 32.5 Å². The smallest absolute Gasteiger partial charge is 0.168 e. The Labute approximate surface area is 162 Å². The lowest BCUT2D eigenvalue weighted by atomic mass is 9.64. The summed E-state index contributed by atoms with van der Waals surface area (Å²) in [5.74, 6) is 1.90. The van der Waals surface area contributed by atoms with Crippen molar-refractivity contribution in [2.45, 2.75) is 85.5 Å². The van der Waals surface area contributed by atoms with Crippen LogP contribution in [0.15, 0.2) is 12.7 Å². The van der Waals surface area contributed by atoms with E-state index in [1.54, 1.807) is 0 Å². The van der Waals surface area contributed by atoms with Gasteiger partial charge in [-0.2, -0.15) is 0 Å². The molecular formula is C23H43NO2. The highest BCUT2D eigenvalue weighted by molar-refractivity contribution is 4.91. The van der Waals surface area contributed by atoms with E-state index in [0.717, 1.165) is 57.3 Å². The Bertz CT molecular complexity index is 435. The summed E-state index contributed by atoms with van der Waals surface area (Å²) < 4.78 is 12.7. The number of rotatable bonds is 9. The van der Waals surface area contributed by atoms with E-state index in [0.29, 0.717) is 11.3 Å². The Morgan fingerprint density at radius 2 is 1.85 bits per heavy atom. The van der Waals surface area contributed by atoms with Crippen LogP contribution in [0.25, 0.3) is 0 Å². The topological polar surface area (TPSA) is 21.7 Å². The second-order valence-electron chi connectivity index (χ2n) is 9.94. The zero-order valence-electron chi connectivity index (χ0n) is 18.2. The molecule has 3 nitrogen and oxygen atoms in total. The molecule has 1 unspecified atom stereocenters. The first-order valence-electron chi connectivity index (χ1n) is 10.8. The molecule has 0 aromatic rings. The van der Waals surface area contributed by atoms with E-state index in [9.17, 15) is 0 Å². The number of hydrogen-bond donors (Lipinski definition) is 0. The molecule has 1 atom stereocenters. The van der Waals surface area contributed by atoms with Crippen LogP contribution in [0.2, 0.25) is 0 Å². The SMILES string of the molecule is C=CCN(CCC1COC2(CCC(C(C)(C)C(C)C)CC2)O1)CC(C)C. The summed E-state index contributed by atoms with van der Waals surface area (Å²) in [6.45, 7) is 21.9. The van der Waals surface area contributed by atoms with Gasteiger partial charge in [0.1, 0.15) is 0 Å². The third-order valence-corrected chi connectivity index (χ3v) is 6.98. The Morgan fingerprint density at radius 1 is 1.19 bits per heavy atom. The maximum absolute atomic E-state index is 6.47. The fourth-order valence-electron chi connectivity index (χ4n) is 4.58. The van der Waals surface area contributed by atoms with Gasteiger partial charge in [0.25, 0.3) is 0 Å². The normalized spacial score (nSPS) is 30.0. The van der Waals surface area contributed by atoms with Gasteiger partial charge < -0.3 is 9.47 Å². The van der Waals surface area contributed by atoms with E-state index in [2.05, 4.69) is 53.0 Å². The molecule has 1 aliphatic heterocycles. The molecular weight excluding hydrogens is 322 g/mol. The maximum atomic E-state index is 6.47. The van der Waals surface area contributed by atoms with Crippen LogP contribution >= 0.6 is 0 Å². The van der Waals surface area contributed by atoms with E-state index in [-0.39, 0.29) is 11.9 Å². The predicted molar refractivity (Wildman–Crippen MR) is 110 cm³/mol. The van der Waals surface area contributed by atoms with Crippen LogP contribution in [0.1, 0.15) is 73.6 Å². The Morgan fingerprint density at radius 3 is 2.38 bits per heavy atom. The average Bonchev–Trinajstić information content (AvgIpc) is 2.95. The summed E-state index contributed by atoms with van der Waals surface area (Å²) in [6.07, 6.45) is 7.90. The lowest BCUT2D eigenvalue weighted by Crippen LogP contribution is -2.41. The van der Waals surface area contributed by atoms with Gasteiger partial charge in [-0.1, -0.05) is 47.6 Å². The van der Waals surface area contributed by atoms with Gasteiger partial charge in [-0.05, 0) is 42.4 Å². The predicted octanol–water partition coefficient (Wildman–Crippen LogP) is 5.50. The minimum Gasteiger partial charge on any atom is -0.347 e. The summed E-state index contributed by atoms with van der Waals surface area (Å²) >= 11 is 0. The lowest BCUT2D eigenvalue weighted by Gasteiger charge is -2.44. The van der Waals surface area contributed by atoms with Crippen molar-refractivity contribution >= 4 is 0 Å². The highest BCUT2D eigenvalue weighted by Crippen LogP contribution is 2.48. The molecule has 152 valence electrons. The molecule has 0 N–H and O–H groups in total. The molecule has 2 rings (SSSR count). The second kappa shape index (κ2) is 9.21. The van der Waals surface area contributed by atoms with Gasteiger partial charge in [0.2, 0.25) is 0 Å². The standard InChI is InChI=1S/C23H43NO2/c1-8-14-24(16-18(2)3)15-11-21-17-25-23(26-21)12-9-20(10-13-23)22(6,7)19(4)5/h8,18-21H,1,9-17H2,2-7H3. The van der Waals surface area contributed by atoms with Gasteiger partial charge in [0.05, 0.1) is 12.7 Å². The zero-order chi connectivity index (χ0) is 19.4. The number of ether oxygens (including phenoxy) is 2. The molecule has 0 radical (unpaired) electrons. The average molecular weight is 366 g/mol. The van der Waals surface area contributed by atoms with E-state index in [4.69, 9.17) is 9.47 Å². The van der Waals surface area contributed by atoms with Gasteiger partial charge in [-0.15, -0.1) is 6.58 Å². The van der Waals surface area contributed by atoms with Gasteiger partial charge in [-0.25, -0.2) is 0 Å². The Hall–Kier alpha value is -0.380. The van der Waals surface area contributed by atoms with Crippen molar-refractivity contribution in [1.29, 1.82) is 0 Å². The number of nitrogens with zero attached hydrogens (tertiary/aromatic N) is 1. The van der Waals surface area contributed by atoms with Crippen molar-refractivity contribution < 1.29 is 9.47 Å². The summed E-state index contributed by atoms with van der Waals surface area (Å²) in [4.78, 5) is 2.48. The molecule has 1 saturated heterocycles. The summed E-state index contributed by atoms with van der Waals surface area (Å²) in [7, 11) is 0. The Kier molecular flexibility index (Phi) is 7.76. The van der Waals surface area contributed by atoms with E-state index >= 15 is 0 Å². The third kappa shape index (κ3) is 5.56. The van der Waals surface area contributed by atoms with E-state index < -0.39 is 0 Å². The molecule has 2 fully saturated rings. The molecule has 1 heterocycles. The second-order valence-corrected chi connectivity index (χ2v) is 9.94. The van der Waals surface area contributed by atoms with Gasteiger partial charge >= 0.3 is 0 Å². The molecule has 0 aromatic carbocycles. The third-order valence-electron chi connectivity index (χ3n) is 6.98. The zero-order valence-corrected chi connectivity index (χ0v) is 18.2. The van der Waals surface area contributed by atoms with Crippen molar-refractivity contribution in [2.24, 2.45) is 23.2 Å². The first kappa shape index (κ1) is 21.9. The lowest BCUT2D eigenvalue weighted by molar-refractivity contribution is -0.198. The maximum Gasteiger partial charge on any atom is 0.168 e. The van der Waals surface area contributed by atoms with Gasteiger partial charge in [-0.3, -0.25) is 4.90 Å². The van der Waals surface area contributed by atoms with E-state index in [1.807, 2.05) is 6.08 Å². The van der Waals surface area contributed by atoms with Crippen LogP contribution in [-0.4, -0.2) is 43.0 Å². The molecule has 26 heavy (non-hydrogen) atoms.